The van der Waals surface area contributed by atoms with Gasteiger partial charge in [-0.05, 0) is 31.3 Å². The number of rotatable bonds is 8. The lowest BCUT2D eigenvalue weighted by molar-refractivity contribution is 0.296. The van der Waals surface area contributed by atoms with Crippen LogP contribution < -0.4 is 24.8 Å². The van der Waals surface area contributed by atoms with E-state index in [-0.39, 0.29) is 11.4 Å². The summed E-state index contributed by atoms with van der Waals surface area (Å²) >= 11 is 0. The number of pyridine rings is 1. The summed E-state index contributed by atoms with van der Waals surface area (Å²) in [7, 11) is 4.86. The maximum atomic E-state index is 14.3. The first kappa shape index (κ1) is 19.6. The predicted molar refractivity (Wildman–Crippen MR) is 104 cm³/mol. The first-order valence-electron chi connectivity index (χ1n) is 8.66. The Morgan fingerprint density at radius 2 is 1.79 bits per heavy atom. The fourth-order valence-corrected chi connectivity index (χ4v) is 2.67. The number of hydrogen-bond donors (Lipinski definition) is 2. The summed E-state index contributed by atoms with van der Waals surface area (Å²) in [4.78, 5) is 4.31. The van der Waals surface area contributed by atoms with Crippen molar-refractivity contribution in [2.24, 2.45) is 0 Å². The van der Waals surface area contributed by atoms with Gasteiger partial charge >= 0.3 is 0 Å². The summed E-state index contributed by atoms with van der Waals surface area (Å²) in [5.41, 5.74) is 0.625. The third kappa shape index (κ3) is 3.91. The van der Waals surface area contributed by atoms with Crippen molar-refractivity contribution >= 4 is 16.6 Å². The van der Waals surface area contributed by atoms with Crippen LogP contribution in [0.2, 0.25) is 0 Å². The van der Waals surface area contributed by atoms with Crippen LogP contribution in [0.4, 0.5) is 14.5 Å². The maximum Gasteiger partial charge on any atom is 0.203 e. The molecule has 6 nitrogen and oxygen atoms in total. The molecule has 1 aromatic heterocycles. The molecule has 0 bridgehead atoms. The van der Waals surface area contributed by atoms with Crippen molar-refractivity contribution in [2.75, 3.05) is 39.7 Å². The van der Waals surface area contributed by atoms with Crippen LogP contribution in [-0.2, 0) is 0 Å². The van der Waals surface area contributed by atoms with Crippen LogP contribution >= 0.6 is 0 Å². The zero-order chi connectivity index (χ0) is 20.1. The van der Waals surface area contributed by atoms with Crippen LogP contribution in [0, 0.1) is 11.6 Å². The highest BCUT2D eigenvalue weighted by Crippen LogP contribution is 2.38. The molecule has 0 saturated carbocycles. The van der Waals surface area contributed by atoms with Crippen molar-refractivity contribution in [2.45, 2.75) is 0 Å². The van der Waals surface area contributed by atoms with E-state index in [0.29, 0.717) is 41.3 Å². The number of ether oxygens (including phenoxy) is 3. The Labute approximate surface area is 161 Å². The van der Waals surface area contributed by atoms with Crippen LogP contribution in [0.1, 0.15) is 0 Å². The molecular weight excluding hydrogens is 368 g/mol. The number of anilines is 1. The number of fused-ring (bicyclic) bond motifs is 1. The van der Waals surface area contributed by atoms with Gasteiger partial charge in [0.15, 0.2) is 23.1 Å². The van der Waals surface area contributed by atoms with Crippen molar-refractivity contribution < 1.29 is 23.0 Å². The molecule has 0 radical (unpaired) electrons. The summed E-state index contributed by atoms with van der Waals surface area (Å²) in [5, 5.41) is 6.16. The maximum absolute atomic E-state index is 14.3. The van der Waals surface area contributed by atoms with E-state index >= 15 is 0 Å². The summed E-state index contributed by atoms with van der Waals surface area (Å²) in [6, 6.07) is 7.77. The molecule has 28 heavy (non-hydrogen) atoms. The second-order valence-corrected chi connectivity index (χ2v) is 5.87. The first-order valence-corrected chi connectivity index (χ1v) is 8.66. The van der Waals surface area contributed by atoms with E-state index in [1.807, 2.05) is 7.05 Å². The fraction of sp³-hybridized carbons (Fsp3) is 0.250. The van der Waals surface area contributed by atoms with Gasteiger partial charge in [0.1, 0.15) is 12.4 Å². The number of likely N-dealkylation sites (N-methyl/N-ethyl adjacent to an activating group) is 1. The van der Waals surface area contributed by atoms with Crippen molar-refractivity contribution in [3.8, 4) is 23.0 Å². The van der Waals surface area contributed by atoms with Crippen molar-refractivity contribution in [3.63, 3.8) is 0 Å². The van der Waals surface area contributed by atoms with Gasteiger partial charge in [-0.3, -0.25) is 4.98 Å². The largest absolute Gasteiger partial charge is 0.493 e. The molecule has 2 N–H and O–H groups in total. The van der Waals surface area contributed by atoms with Gasteiger partial charge in [-0.15, -0.1) is 0 Å². The lowest BCUT2D eigenvalue weighted by Gasteiger charge is -2.14. The Morgan fingerprint density at radius 3 is 2.50 bits per heavy atom. The van der Waals surface area contributed by atoms with E-state index in [9.17, 15) is 8.78 Å². The average molecular weight is 389 g/mol. The summed E-state index contributed by atoms with van der Waals surface area (Å²) in [6.45, 7) is 1.13. The monoisotopic (exact) mass is 389 g/mol. The van der Waals surface area contributed by atoms with Gasteiger partial charge in [0.25, 0.3) is 0 Å². The molecule has 1 heterocycles. The molecular formula is C20H21F2N3O3. The zero-order valence-corrected chi connectivity index (χ0v) is 15.8. The molecule has 0 aliphatic carbocycles. The highest BCUT2D eigenvalue weighted by atomic mass is 19.2. The molecule has 3 rings (SSSR count). The topological polar surface area (TPSA) is 64.6 Å². The zero-order valence-electron chi connectivity index (χ0n) is 15.8. The Hall–Kier alpha value is -3.13. The van der Waals surface area contributed by atoms with E-state index in [4.69, 9.17) is 14.2 Å². The normalized spacial score (nSPS) is 10.8. The smallest absolute Gasteiger partial charge is 0.203 e. The Morgan fingerprint density at radius 1 is 0.964 bits per heavy atom. The van der Waals surface area contributed by atoms with Crippen molar-refractivity contribution in [1.29, 1.82) is 0 Å². The third-order valence-electron chi connectivity index (χ3n) is 4.13. The van der Waals surface area contributed by atoms with E-state index in [1.165, 1.54) is 32.5 Å². The lowest BCUT2D eigenvalue weighted by Crippen LogP contribution is -2.16. The number of halogens is 2. The van der Waals surface area contributed by atoms with Gasteiger partial charge in [-0.1, -0.05) is 0 Å². The molecule has 0 spiro atoms. The quantitative estimate of drug-likeness (QED) is 0.569. The molecule has 0 aliphatic heterocycles. The second-order valence-electron chi connectivity index (χ2n) is 5.87. The lowest BCUT2D eigenvalue weighted by atomic mass is 10.1. The number of benzene rings is 2. The Balaban J connectivity index is 1.99. The minimum atomic E-state index is -1.07. The van der Waals surface area contributed by atoms with Crippen molar-refractivity contribution in [3.05, 3.63) is 48.2 Å². The van der Waals surface area contributed by atoms with Crippen LogP contribution in [0.15, 0.2) is 36.5 Å². The molecule has 148 valence electrons. The molecule has 0 atom stereocenters. The van der Waals surface area contributed by atoms with Gasteiger partial charge in [-0.2, -0.15) is 4.39 Å². The van der Waals surface area contributed by atoms with Crippen LogP contribution in [0.3, 0.4) is 0 Å². The van der Waals surface area contributed by atoms with Gasteiger partial charge in [0, 0.05) is 31.2 Å². The van der Waals surface area contributed by atoms with Gasteiger partial charge in [-0.25, -0.2) is 4.39 Å². The number of methoxy groups -OCH3 is 1. The summed E-state index contributed by atoms with van der Waals surface area (Å²) in [6.07, 6.45) is 1.53. The minimum Gasteiger partial charge on any atom is -0.493 e. The number of nitrogens with one attached hydrogen (secondary N) is 2. The van der Waals surface area contributed by atoms with Gasteiger partial charge in [0.2, 0.25) is 5.82 Å². The van der Waals surface area contributed by atoms with Gasteiger partial charge in [0.05, 0.1) is 18.3 Å². The fourth-order valence-electron chi connectivity index (χ4n) is 2.67. The van der Waals surface area contributed by atoms with Gasteiger partial charge < -0.3 is 24.8 Å². The average Bonchev–Trinajstić information content (AvgIpc) is 2.71. The third-order valence-corrected chi connectivity index (χ3v) is 4.13. The van der Waals surface area contributed by atoms with E-state index in [2.05, 4.69) is 15.6 Å². The van der Waals surface area contributed by atoms with E-state index < -0.39 is 11.6 Å². The number of aromatic nitrogens is 1. The SMILES string of the molecule is CNCCOc1cc2nccc(Oc3ccc(NC)c(F)c3F)c2cc1OC. The first-order chi connectivity index (χ1) is 13.6. The second kappa shape index (κ2) is 8.71. The number of nitrogens with zero attached hydrogens (tertiary/aromatic N) is 1. The number of hydrogen-bond acceptors (Lipinski definition) is 6. The highest BCUT2D eigenvalue weighted by molar-refractivity contribution is 5.88. The molecule has 0 unspecified atom stereocenters. The molecule has 2 aromatic carbocycles. The minimum absolute atomic E-state index is 0.0504. The summed E-state index contributed by atoms with van der Waals surface area (Å²) < 4.78 is 45.1. The molecule has 8 heteroatoms. The Bertz CT molecular complexity index is 983. The van der Waals surface area contributed by atoms with Crippen molar-refractivity contribution in [1.82, 2.24) is 10.3 Å². The molecule has 0 aliphatic rings. The van der Waals surface area contributed by atoms with E-state index in [0.717, 1.165) is 0 Å². The van der Waals surface area contributed by atoms with Crippen LogP contribution in [0.25, 0.3) is 10.9 Å². The predicted octanol–water partition coefficient (Wildman–Crippen LogP) is 3.95. The molecule has 3 aromatic rings. The standard InChI is InChI=1S/C20H21F2N3O3/c1-23-8-9-27-18-11-14-12(10-17(18)26-3)15(6-7-25-14)28-16-5-4-13(24-2)19(21)20(16)22/h4-7,10-11,23-24H,8-9H2,1-3H3. The summed E-state index contributed by atoms with van der Waals surface area (Å²) in [5.74, 6) is -0.964. The molecule has 0 fully saturated rings. The van der Waals surface area contributed by atoms with Crippen LogP contribution in [0.5, 0.6) is 23.0 Å². The highest BCUT2D eigenvalue weighted by Gasteiger charge is 2.17. The molecule has 0 amide bonds. The van der Waals surface area contributed by atoms with Crippen LogP contribution in [-0.4, -0.2) is 39.3 Å². The van der Waals surface area contributed by atoms with E-state index in [1.54, 1.807) is 18.2 Å². The Kier molecular flexibility index (Phi) is 6.10. The molecule has 0 saturated heterocycles.